The highest BCUT2D eigenvalue weighted by Gasteiger charge is 2.33. The smallest absolute Gasteiger partial charge is 0.303 e. The summed E-state index contributed by atoms with van der Waals surface area (Å²) in [6.45, 7) is 0. The number of aliphatic carboxylic acids is 1. The number of carboxylic acid groups (broad SMARTS) is 1. The number of carbonyl (C=O) groups is 2. The minimum absolute atomic E-state index is 0.0156. The minimum Gasteiger partial charge on any atom is -0.497 e. The SMILES string of the molecule is COc1ccc(C2=NN(C(=O)CCCC(=O)O)[C@H](c3cccs3)C2)cc1. The van der Waals surface area contributed by atoms with E-state index in [0.29, 0.717) is 12.8 Å². The van der Waals surface area contributed by atoms with Crippen LogP contribution in [0, 0.1) is 0 Å². The zero-order valence-corrected chi connectivity index (χ0v) is 15.2. The van der Waals surface area contributed by atoms with Crippen LogP contribution in [0.3, 0.4) is 0 Å². The lowest BCUT2D eigenvalue weighted by Gasteiger charge is -2.20. The monoisotopic (exact) mass is 372 g/mol. The second-order valence-electron chi connectivity index (χ2n) is 6.00. The number of hydrogen-bond donors (Lipinski definition) is 1. The summed E-state index contributed by atoms with van der Waals surface area (Å²) in [6, 6.07) is 11.4. The number of nitrogens with zero attached hydrogens (tertiary/aromatic N) is 2. The van der Waals surface area contributed by atoms with E-state index in [1.807, 2.05) is 41.8 Å². The molecule has 1 aliphatic rings. The summed E-state index contributed by atoms with van der Waals surface area (Å²) in [4.78, 5) is 24.4. The van der Waals surface area contributed by atoms with Gasteiger partial charge in [0.15, 0.2) is 0 Å². The Morgan fingerprint density at radius 2 is 2.04 bits per heavy atom. The number of ether oxygens (including phenoxy) is 1. The molecule has 26 heavy (non-hydrogen) atoms. The molecule has 1 N–H and O–H groups in total. The van der Waals surface area contributed by atoms with Crippen molar-refractivity contribution in [2.45, 2.75) is 31.7 Å². The molecule has 2 aromatic rings. The van der Waals surface area contributed by atoms with Crippen molar-refractivity contribution in [1.82, 2.24) is 5.01 Å². The third-order valence-electron chi connectivity index (χ3n) is 4.24. The van der Waals surface area contributed by atoms with Crippen molar-refractivity contribution in [3.63, 3.8) is 0 Å². The van der Waals surface area contributed by atoms with Gasteiger partial charge in [-0.1, -0.05) is 6.07 Å². The molecule has 0 fully saturated rings. The number of carbonyl (C=O) groups excluding carboxylic acids is 1. The summed E-state index contributed by atoms with van der Waals surface area (Å²) in [6.07, 6.45) is 1.11. The van der Waals surface area contributed by atoms with Crippen LogP contribution in [0.4, 0.5) is 0 Å². The van der Waals surface area contributed by atoms with Gasteiger partial charge < -0.3 is 9.84 Å². The third kappa shape index (κ3) is 4.11. The van der Waals surface area contributed by atoms with E-state index in [1.165, 1.54) is 5.01 Å². The number of carboxylic acids is 1. The molecule has 0 radical (unpaired) electrons. The number of hydrogen-bond acceptors (Lipinski definition) is 5. The number of rotatable bonds is 7. The maximum absolute atomic E-state index is 12.6. The van der Waals surface area contributed by atoms with Crippen molar-refractivity contribution in [2.24, 2.45) is 5.10 Å². The van der Waals surface area contributed by atoms with Gasteiger partial charge in [-0.2, -0.15) is 5.10 Å². The number of thiophene rings is 1. The number of methoxy groups -OCH3 is 1. The van der Waals surface area contributed by atoms with Crippen LogP contribution in [0.5, 0.6) is 5.75 Å². The predicted molar refractivity (Wildman–Crippen MR) is 99.5 cm³/mol. The first-order valence-corrected chi connectivity index (χ1v) is 9.25. The predicted octanol–water partition coefficient (Wildman–Crippen LogP) is 3.69. The summed E-state index contributed by atoms with van der Waals surface area (Å²) in [5.41, 5.74) is 1.80. The Bertz CT molecular complexity index is 799. The topological polar surface area (TPSA) is 79.2 Å². The molecule has 6 nitrogen and oxygen atoms in total. The summed E-state index contributed by atoms with van der Waals surface area (Å²) in [5, 5.41) is 16.8. The molecule has 0 unspecified atom stereocenters. The molecule has 136 valence electrons. The number of amides is 1. The highest BCUT2D eigenvalue weighted by molar-refractivity contribution is 7.10. The molecule has 1 amide bonds. The fraction of sp³-hybridized carbons (Fsp3) is 0.316. The second-order valence-corrected chi connectivity index (χ2v) is 6.98. The first kappa shape index (κ1) is 18.1. The molecular formula is C19H20N2O4S. The summed E-state index contributed by atoms with van der Waals surface area (Å²) in [7, 11) is 1.62. The van der Waals surface area contributed by atoms with E-state index in [4.69, 9.17) is 9.84 Å². The van der Waals surface area contributed by atoms with Crippen LogP contribution < -0.4 is 4.74 Å². The van der Waals surface area contributed by atoms with Crippen LogP contribution in [-0.2, 0) is 9.59 Å². The molecule has 0 saturated heterocycles. The molecule has 1 aromatic carbocycles. The molecule has 1 aromatic heterocycles. The fourth-order valence-corrected chi connectivity index (χ4v) is 3.72. The summed E-state index contributed by atoms with van der Waals surface area (Å²) < 4.78 is 5.18. The minimum atomic E-state index is -0.892. The highest BCUT2D eigenvalue weighted by Crippen LogP contribution is 2.35. The zero-order valence-electron chi connectivity index (χ0n) is 14.4. The Labute approximate surface area is 155 Å². The van der Waals surface area contributed by atoms with E-state index in [2.05, 4.69) is 5.10 Å². The molecule has 1 atom stereocenters. The molecule has 0 aliphatic carbocycles. The fourth-order valence-electron chi connectivity index (χ4n) is 2.91. The number of benzene rings is 1. The van der Waals surface area contributed by atoms with E-state index in [9.17, 15) is 9.59 Å². The molecule has 0 spiro atoms. The molecule has 0 bridgehead atoms. The van der Waals surface area contributed by atoms with Crippen LogP contribution in [-0.4, -0.2) is 34.8 Å². The Morgan fingerprint density at radius 3 is 2.65 bits per heavy atom. The van der Waals surface area contributed by atoms with Crippen LogP contribution in [0.1, 0.15) is 42.2 Å². The Morgan fingerprint density at radius 1 is 1.27 bits per heavy atom. The van der Waals surface area contributed by atoms with Gasteiger partial charge in [-0.25, -0.2) is 5.01 Å². The van der Waals surface area contributed by atoms with Gasteiger partial charge in [-0.05, 0) is 47.7 Å². The van der Waals surface area contributed by atoms with Gasteiger partial charge >= 0.3 is 5.97 Å². The van der Waals surface area contributed by atoms with Crippen LogP contribution in [0.25, 0.3) is 0 Å². The quantitative estimate of drug-likeness (QED) is 0.804. The first-order chi connectivity index (χ1) is 12.6. The van der Waals surface area contributed by atoms with Gasteiger partial charge in [0.05, 0.1) is 18.9 Å². The third-order valence-corrected chi connectivity index (χ3v) is 5.22. The van der Waals surface area contributed by atoms with Gasteiger partial charge in [0.1, 0.15) is 5.75 Å². The first-order valence-electron chi connectivity index (χ1n) is 8.37. The van der Waals surface area contributed by atoms with E-state index in [0.717, 1.165) is 21.9 Å². The van der Waals surface area contributed by atoms with E-state index < -0.39 is 5.97 Å². The number of hydrazone groups is 1. The zero-order chi connectivity index (χ0) is 18.5. The van der Waals surface area contributed by atoms with Crippen molar-refractivity contribution in [3.05, 3.63) is 52.2 Å². The summed E-state index contributed by atoms with van der Waals surface area (Å²) >= 11 is 1.59. The Balaban J connectivity index is 1.80. The largest absolute Gasteiger partial charge is 0.497 e. The van der Waals surface area contributed by atoms with Gasteiger partial charge in [-0.15, -0.1) is 11.3 Å². The molecule has 3 rings (SSSR count). The average molecular weight is 372 g/mol. The van der Waals surface area contributed by atoms with Gasteiger partial charge in [0.25, 0.3) is 0 Å². The van der Waals surface area contributed by atoms with Gasteiger partial charge in [0.2, 0.25) is 5.91 Å². The maximum Gasteiger partial charge on any atom is 0.303 e. The summed E-state index contributed by atoms with van der Waals surface area (Å²) in [5.74, 6) is -0.270. The lowest BCUT2D eigenvalue weighted by Crippen LogP contribution is -2.26. The van der Waals surface area contributed by atoms with Crippen molar-refractivity contribution >= 4 is 28.9 Å². The van der Waals surface area contributed by atoms with Gasteiger partial charge in [0, 0.05) is 24.1 Å². The molecule has 0 saturated carbocycles. The van der Waals surface area contributed by atoms with Crippen LogP contribution in [0.15, 0.2) is 46.9 Å². The molecule has 2 heterocycles. The standard InChI is InChI=1S/C19H20N2O4S/c1-25-14-9-7-13(8-10-14)15-12-16(17-4-3-11-26-17)21(20-15)18(22)5-2-6-19(23)24/h3-4,7-11,16H,2,5-6,12H2,1H3,(H,23,24)/t16-/m0/s1. The Hall–Kier alpha value is -2.67. The lowest BCUT2D eigenvalue weighted by atomic mass is 10.0. The lowest BCUT2D eigenvalue weighted by molar-refractivity contribution is -0.137. The molecule has 1 aliphatic heterocycles. The van der Waals surface area contributed by atoms with Crippen LogP contribution >= 0.6 is 11.3 Å². The second kappa shape index (κ2) is 8.14. The maximum atomic E-state index is 12.6. The van der Waals surface area contributed by atoms with E-state index in [1.54, 1.807) is 18.4 Å². The van der Waals surface area contributed by atoms with Crippen molar-refractivity contribution in [3.8, 4) is 5.75 Å². The van der Waals surface area contributed by atoms with E-state index in [-0.39, 0.29) is 24.8 Å². The van der Waals surface area contributed by atoms with Gasteiger partial charge in [-0.3, -0.25) is 9.59 Å². The molecule has 7 heteroatoms. The van der Waals surface area contributed by atoms with Crippen LogP contribution in [0.2, 0.25) is 0 Å². The van der Waals surface area contributed by atoms with Crippen molar-refractivity contribution in [1.29, 1.82) is 0 Å². The Kier molecular flexibility index (Phi) is 5.68. The van der Waals surface area contributed by atoms with Crippen molar-refractivity contribution < 1.29 is 19.4 Å². The normalized spacial score (nSPS) is 16.4. The van der Waals surface area contributed by atoms with Crippen molar-refractivity contribution in [2.75, 3.05) is 7.11 Å². The van der Waals surface area contributed by atoms with E-state index >= 15 is 0 Å². The molecular weight excluding hydrogens is 352 g/mol. The highest BCUT2D eigenvalue weighted by atomic mass is 32.1. The average Bonchev–Trinajstić information content (AvgIpc) is 3.31.